The predicted molar refractivity (Wildman–Crippen MR) is 70.8 cm³/mol. The number of ether oxygens (including phenoxy) is 1. The number of rotatable bonds is 3. The molecular formula is C13H9Cl2NO2. The minimum Gasteiger partial charge on any atom is -0.439 e. The van der Waals surface area contributed by atoms with E-state index in [-0.39, 0.29) is 10.9 Å². The maximum Gasteiger partial charge on any atom is 0.220 e. The number of aromatic nitrogens is 1. The van der Waals surface area contributed by atoms with Gasteiger partial charge in [-0.3, -0.25) is 4.79 Å². The van der Waals surface area contributed by atoms with Crippen LogP contribution in [0.25, 0.3) is 0 Å². The molecule has 0 aliphatic heterocycles. The molecule has 2 rings (SSSR count). The number of Topliss-reactive ketones (excluding diaryl/α,β-unsaturated/α-hetero) is 1. The third-order valence-electron chi connectivity index (χ3n) is 2.24. The number of benzene rings is 1. The predicted octanol–water partition coefficient (Wildman–Crippen LogP) is 4.38. The molecule has 0 unspecified atom stereocenters. The molecule has 1 aromatic carbocycles. The molecule has 3 nitrogen and oxygen atoms in total. The normalized spacial score (nSPS) is 10.2. The molecule has 5 heteroatoms. The quantitative estimate of drug-likeness (QED) is 0.619. The molecule has 0 spiro atoms. The van der Waals surface area contributed by atoms with Gasteiger partial charge in [-0.05, 0) is 37.3 Å². The summed E-state index contributed by atoms with van der Waals surface area (Å²) in [5, 5.41) is 0.759. The Kier molecular flexibility index (Phi) is 3.84. The van der Waals surface area contributed by atoms with Crippen LogP contribution in [-0.2, 0) is 0 Å². The lowest BCUT2D eigenvalue weighted by Gasteiger charge is -2.06. The molecule has 0 amide bonds. The van der Waals surface area contributed by atoms with Gasteiger partial charge in [0.15, 0.2) is 5.78 Å². The summed E-state index contributed by atoms with van der Waals surface area (Å²) < 4.78 is 5.48. The van der Waals surface area contributed by atoms with Crippen LogP contribution in [0.4, 0.5) is 0 Å². The second-order valence-electron chi connectivity index (χ2n) is 3.60. The van der Waals surface area contributed by atoms with Crippen molar-refractivity contribution in [1.29, 1.82) is 0 Å². The number of carbonyl (C=O) groups is 1. The molecule has 92 valence electrons. The Morgan fingerprint density at radius 3 is 2.33 bits per heavy atom. The first-order valence-electron chi connectivity index (χ1n) is 5.17. The molecule has 18 heavy (non-hydrogen) atoms. The zero-order valence-corrected chi connectivity index (χ0v) is 11.0. The van der Waals surface area contributed by atoms with Gasteiger partial charge in [-0.25, -0.2) is 4.98 Å². The summed E-state index contributed by atoms with van der Waals surface area (Å²) in [6, 6.07) is 10.0. The van der Waals surface area contributed by atoms with Crippen LogP contribution in [0.15, 0.2) is 36.4 Å². The second-order valence-corrected chi connectivity index (χ2v) is 4.39. The largest absolute Gasteiger partial charge is 0.439 e. The summed E-state index contributed by atoms with van der Waals surface area (Å²) in [4.78, 5) is 15.2. The summed E-state index contributed by atoms with van der Waals surface area (Å²) in [6.07, 6.45) is 0. The molecule has 0 atom stereocenters. The first-order valence-corrected chi connectivity index (χ1v) is 5.93. The Labute approximate surface area is 114 Å². The van der Waals surface area contributed by atoms with Crippen molar-refractivity contribution in [2.75, 3.05) is 0 Å². The van der Waals surface area contributed by atoms with Crippen molar-refractivity contribution in [3.05, 3.63) is 52.1 Å². The van der Waals surface area contributed by atoms with Gasteiger partial charge >= 0.3 is 0 Å². The highest BCUT2D eigenvalue weighted by atomic mass is 35.5. The molecule has 0 aliphatic rings. The fraction of sp³-hybridized carbons (Fsp3) is 0.0769. The summed E-state index contributed by atoms with van der Waals surface area (Å²) in [7, 11) is 0. The van der Waals surface area contributed by atoms with E-state index in [0.29, 0.717) is 22.2 Å². The Morgan fingerprint density at radius 2 is 1.78 bits per heavy atom. The van der Waals surface area contributed by atoms with Crippen molar-refractivity contribution >= 4 is 29.0 Å². The van der Waals surface area contributed by atoms with Crippen LogP contribution in [0.2, 0.25) is 10.2 Å². The second kappa shape index (κ2) is 5.38. The number of nitrogens with zero attached hydrogens (tertiary/aromatic N) is 1. The van der Waals surface area contributed by atoms with Crippen LogP contribution in [-0.4, -0.2) is 10.8 Å². The highest BCUT2D eigenvalue weighted by Gasteiger charge is 2.08. The van der Waals surface area contributed by atoms with E-state index >= 15 is 0 Å². The van der Waals surface area contributed by atoms with Crippen LogP contribution in [0, 0.1) is 0 Å². The minimum atomic E-state index is -0.134. The fourth-order valence-electron chi connectivity index (χ4n) is 1.36. The van der Waals surface area contributed by atoms with Gasteiger partial charge in [0.1, 0.15) is 10.9 Å². The number of hydrogen-bond donors (Lipinski definition) is 0. The molecule has 0 radical (unpaired) electrons. The summed E-state index contributed by atoms with van der Waals surface area (Å²) in [5.74, 6) is 0.788. The lowest BCUT2D eigenvalue weighted by molar-refractivity contribution is 0.101. The highest BCUT2D eigenvalue weighted by molar-refractivity contribution is 6.32. The zero-order chi connectivity index (χ0) is 13.1. The van der Waals surface area contributed by atoms with Crippen LogP contribution in [0.5, 0.6) is 11.6 Å². The number of hydrogen-bond acceptors (Lipinski definition) is 3. The van der Waals surface area contributed by atoms with E-state index < -0.39 is 0 Å². The van der Waals surface area contributed by atoms with Gasteiger partial charge in [-0.2, -0.15) is 0 Å². The Balaban J connectivity index is 2.22. The monoisotopic (exact) mass is 281 g/mol. The van der Waals surface area contributed by atoms with Crippen molar-refractivity contribution in [1.82, 2.24) is 4.98 Å². The maximum absolute atomic E-state index is 11.2. The summed E-state index contributed by atoms with van der Waals surface area (Å²) in [6.45, 7) is 1.43. The average Bonchev–Trinajstić information content (AvgIpc) is 2.32. The van der Waals surface area contributed by atoms with Crippen LogP contribution >= 0.6 is 23.2 Å². The molecule has 0 N–H and O–H groups in total. The summed E-state index contributed by atoms with van der Waals surface area (Å²) >= 11 is 11.6. The molecule has 1 heterocycles. The molecule has 0 bridgehead atoms. The van der Waals surface area contributed by atoms with Crippen molar-refractivity contribution in [3.63, 3.8) is 0 Å². The molecule has 2 aromatic rings. The van der Waals surface area contributed by atoms with E-state index in [4.69, 9.17) is 27.9 Å². The number of carbonyl (C=O) groups excluding carboxylic acids is 1. The van der Waals surface area contributed by atoms with Crippen molar-refractivity contribution in [2.24, 2.45) is 0 Å². The number of pyridine rings is 1. The standard InChI is InChI=1S/C13H9Cl2NO2/c1-8(17)11-6-7-12(16-13(11)15)18-10-4-2-9(14)3-5-10/h2-7H,1H3. The lowest BCUT2D eigenvalue weighted by atomic mass is 10.2. The molecule has 1 aromatic heterocycles. The number of ketones is 1. The smallest absolute Gasteiger partial charge is 0.220 e. The van der Waals surface area contributed by atoms with Gasteiger partial charge in [0.2, 0.25) is 5.88 Å². The van der Waals surface area contributed by atoms with Gasteiger partial charge in [0.05, 0.1) is 5.56 Å². The third kappa shape index (κ3) is 3.00. The van der Waals surface area contributed by atoms with Crippen molar-refractivity contribution in [2.45, 2.75) is 6.92 Å². The SMILES string of the molecule is CC(=O)c1ccc(Oc2ccc(Cl)cc2)nc1Cl. The topological polar surface area (TPSA) is 39.2 Å². The van der Waals surface area contributed by atoms with E-state index in [1.165, 1.54) is 6.92 Å². The Bertz CT molecular complexity index is 582. The highest BCUT2D eigenvalue weighted by Crippen LogP contribution is 2.24. The average molecular weight is 282 g/mol. The van der Waals surface area contributed by atoms with Gasteiger partial charge in [-0.1, -0.05) is 23.2 Å². The van der Waals surface area contributed by atoms with Crippen molar-refractivity contribution < 1.29 is 9.53 Å². The Hall–Kier alpha value is -1.58. The zero-order valence-electron chi connectivity index (χ0n) is 9.48. The first-order chi connectivity index (χ1) is 8.56. The molecular weight excluding hydrogens is 273 g/mol. The van der Waals surface area contributed by atoms with Gasteiger partial charge in [-0.15, -0.1) is 0 Å². The van der Waals surface area contributed by atoms with E-state index in [1.807, 2.05) is 0 Å². The van der Waals surface area contributed by atoms with Crippen molar-refractivity contribution in [3.8, 4) is 11.6 Å². The third-order valence-corrected chi connectivity index (χ3v) is 2.78. The Morgan fingerprint density at radius 1 is 1.11 bits per heavy atom. The molecule has 0 saturated heterocycles. The van der Waals surface area contributed by atoms with Crippen LogP contribution in [0.3, 0.4) is 0 Å². The molecule has 0 saturated carbocycles. The van der Waals surface area contributed by atoms with E-state index in [0.717, 1.165) is 0 Å². The minimum absolute atomic E-state index is 0.133. The van der Waals surface area contributed by atoms with Crippen LogP contribution in [0.1, 0.15) is 17.3 Å². The van der Waals surface area contributed by atoms with E-state index in [1.54, 1.807) is 36.4 Å². The van der Waals surface area contributed by atoms with E-state index in [9.17, 15) is 4.79 Å². The van der Waals surface area contributed by atoms with Gasteiger partial charge < -0.3 is 4.74 Å². The van der Waals surface area contributed by atoms with Gasteiger partial charge in [0.25, 0.3) is 0 Å². The number of halogens is 2. The maximum atomic E-state index is 11.2. The summed E-state index contributed by atoms with van der Waals surface area (Å²) in [5.41, 5.74) is 0.375. The molecule has 0 aliphatic carbocycles. The van der Waals surface area contributed by atoms with Gasteiger partial charge in [0, 0.05) is 11.1 Å². The lowest BCUT2D eigenvalue weighted by Crippen LogP contribution is -1.97. The first kappa shape index (κ1) is 12.9. The fourth-order valence-corrected chi connectivity index (χ4v) is 1.77. The van der Waals surface area contributed by atoms with E-state index in [2.05, 4.69) is 4.98 Å². The van der Waals surface area contributed by atoms with Crippen LogP contribution < -0.4 is 4.74 Å². The molecule has 0 fully saturated rings.